The van der Waals surface area contributed by atoms with Gasteiger partial charge in [0.25, 0.3) is 0 Å². The van der Waals surface area contributed by atoms with Gasteiger partial charge in [0, 0.05) is 24.0 Å². The Kier molecular flexibility index (Phi) is 3.73. The number of benzene rings is 1. The molecule has 1 N–H and O–H groups in total. The van der Waals surface area contributed by atoms with Gasteiger partial charge in [-0.2, -0.15) is 0 Å². The third-order valence-corrected chi connectivity index (χ3v) is 4.79. The molecule has 0 bridgehead atoms. The minimum atomic E-state index is -2.94. The van der Waals surface area contributed by atoms with E-state index < -0.39 is 9.84 Å². The summed E-state index contributed by atoms with van der Waals surface area (Å²) in [6.07, 6.45) is 1.89. The molecular weight excluding hydrogens is 250 g/mol. The predicted molar refractivity (Wildman–Crippen MR) is 72.2 cm³/mol. The average Bonchev–Trinajstić information content (AvgIpc) is 2.78. The molecule has 2 aromatic rings. The zero-order chi connectivity index (χ0) is 13.2. The van der Waals surface area contributed by atoms with Crippen LogP contribution in [-0.2, 0) is 23.0 Å². The molecule has 0 atom stereocenters. The van der Waals surface area contributed by atoms with E-state index in [2.05, 4.69) is 0 Å². The van der Waals surface area contributed by atoms with E-state index in [4.69, 9.17) is 5.11 Å². The lowest BCUT2D eigenvalue weighted by Crippen LogP contribution is -2.14. The molecule has 1 aromatic carbocycles. The van der Waals surface area contributed by atoms with Crippen LogP contribution in [0.25, 0.3) is 10.9 Å². The van der Waals surface area contributed by atoms with E-state index >= 15 is 0 Å². The number of aliphatic hydroxyl groups is 1. The Labute approximate surface area is 107 Å². The number of aliphatic hydroxyl groups excluding tert-OH is 1. The van der Waals surface area contributed by atoms with Crippen molar-refractivity contribution in [1.29, 1.82) is 0 Å². The minimum absolute atomic E-state index is 0.0192. The van der Waals surface area contributed by atoms with Crippen LogP contribution in [0.4, 0.5) is 0 Å². The fourth-order valence-electron chi connectivity index (χ4n) is 1.92. The lowest BCUT2D eigenvalue weighted by Gasteiger charge is -2.06. The number of aromatic nitrogens is 1. The molecule has 0 amide bonds. The van der Waals surface area contributed by atoms with Gasteiger partial charge in [-0.25, -0.2) is 8.42 Å². The molecule has 2 rings (SSSR count). The fraction of sp³-hybridized carbons (Fsp3) is 0.385. The number of nitrogens with zero attached hydrogens (tertiary/aromatic N) is 1. The molecule has 1 heterocycles. The first-order chi connectivity index (χ1) is 8.55. The summed E-state index contributed by atoms with van der Waals surface area (Å²) >= 11 is 0. The van der Waals surface area contributed by atoms with E-state index in [1.165, 1.54) is 0 Å². The van der Waals surface area contributed by atoms with Gasteiger partial charge >= 0.3 is 0 Å². The summed E-state index contributed by atoms with van der Waals surface area (Å²) in [7, 11) is -2.94. The van der Waals surface area contributed by atoms with Crippen LogP contribution in [0.3, 0.4) is 0 Å². The van der Waals surface area contributed by atoms with Crippen LogP contribution in [0, 0.1) is 0 Å². The number of hydrogen-bond donors (Lipinski definition) is 1. The normalized spacial score (nSPS) is 12.1. The van der Waals surface area contributed by atoms with Gasteiger partial charge < -0.3 is 9.67 Å². The fourth-order valence-corrected chi connectivity index (χ4v) is 2.69. The molecule has 0 unspecified atom stereocenters. The van der Waals surface area contributed by atoms with Gasteiger partial charge in [0.2, 0.25) is 0 Å². The van der Waals surface area contributed by atoms with Crippen LogP contribution in [0.5, 0.6) is 0 Å². The molecule has 18 heavy (non-hydrogen) atoms. The second-order valence-corrected chi connectivity index (χ2v) is 6.77. The first-order valence-electron chi connectivity index (χ1n) is 5.95. The second kappa shape index (κ2) is 5.12. The third kappa shape index (κ3) is 2.73. The van der Waals surface area contributed by atoms with Crippen LogP contribution < -0.4 is 0 Å². The van der Waals surface area contributed by atoms with Gasteiger partial charge in [-0.05, 0) is 29.1 Å². The zero-order valence-electron chi connectivity index (χ0n) is 10.3. The lowest BCUT2D eigenvalue weighted by molar-refractivity contribution is 0.282. The summed E-state index contributed by atoms with van der Waals surface area (Å²) in [4.78, 5) is 0. The predicted octanol–water partition coefficient (Wildman–Crippen LogP) is 1.57. The van der Waals surface area contributed by atoms with Gasteiger partial charge in [0.15, 0.2) is 9.84 Å². The van der Waals surface area contributed by atoms with E-state index in [9.17, 15) is 8.42 Å². The van der Waals surface area contributed by atoms with Gasteiger partial charge in [0.05, 0.1) is 12.4 Å². The maximum atomic E-state index is 11.5. The van der Waals surface area contributed by atoms with E-state index in [1.54, 1.807) is 6.92 Å². The van der Waals surface area contributed by atoms with Crippen molar-refractivity contribution in [2.45, 2.75) is 20.1 Å². The Bertz CT molecular complexity index is 643. The van der Waals surface area contributed by atoms with E-state index in [1.807, 2.05) is 35.0 Å². The van der Waals surface area contributed by atoms with Gasteiger partial charge in [0.1, 0.15) is 0 Å². The standard InChI is InChI=1S/C13H17NO3S/c1-2-18(16,17)8-7-14-6-5-12-9-11(10-15)3-4-13(12)14/h3-6,9,15H,2,7-8,10H2,1H3. The summed E-state index contributed by atoms with van der Waals surface area (Å²) in [5, 5.41) is 10.1. The number of sulfone groups is 1. The smallest absolute Gasteiger partial charge is 0.151 e. The van der Waals surface area contributed by atoms with E-state index in [-0.39, 0.29) is 18.1 Å². The van der Waals surface area contributed by atoms with Crippen LogP contribution in [-0.4, -0.2) is 29.6 Å². The van der Waals surface area contributed by atoms with Crippen molar-refractivity contribution in [2.24, 2.45) is 0 Å². The number of rotatable bonds is 5. The van der Waals surface area contributed by atoms with E-state index in [0.717, 1.165) is 16.5 Å². The Morgan fingerprint density at radius 3 is 2.72 bits per heavy atom. The molecule has 0 saturated heterocycles. The molecule has 98 valence electrons. The monoisotopic (exact) mass is 267 g/mol. The Balaban J connectivity index is 2.25. The largest absolute Gasteiger partial charge is 0.392 e. The molecule has 0 saturated carbocycles. The Hall–Kier alpha value is -1.33. The highest BCUT2D eigenvalue weighted by atomic mass is 32.2. The minimum Gasteiger partial charge on any atom is -0.392 e. The van der Waals surface area contributed by atoms with Crippen molar-refractivity contribution in [3.05, 3.63) is 36.0 Å². The van der Waals surface area contributed by atoms with Crippen molar-refractivity contribution in [2.75, 3.05) is 11.5 Å². The lowest BCUT2D eigenvalue weighted by atomic mass is 10.2. The maximum Gasteiger partial charge on any atom is 0.151 e. The zero-order valence-corrected chi connectivity index (χ0v) is 11.2. The highest BCUT2D eigenvalue weighted by Gasteiger charge is 2.09. The second-order valence-electron chi connectivity index (χ2n) is 4.30. The highest BCUT2D eigenvalue weighted by Crippen LogP contribution is 2.18. The van der Waals surface area contributed by atoms with Crippen LogP contribution in [0.1, 0.15) is 12.5 Å². The molecule has 0 spiro atoms. The van der Waals surface area contributed by atoms with Gasteiger partial charge in [-0.1, -0.05) is 13.0 Å². The van der Waals surface area contributed by atoms with Crippen molar-refractivity contribution in [3.8, 4) is 0 Å². The van der Waals surface area contributed by atoms with Crippen molar-refractivity contribution in [3.63, 3.8) is 0 Å². The van der Waals surface area contributed by atoms with Gasteiger partial charge in [-0.3, -0.25) is 0 Å². The molecule has 1 aromatic heterocycles. The molecule has 0 aliphatic heterocycles. The highest BCUT2D eigenvalue weighted by molar-refractivity contribution is 7.91. The molecular formula is C13H17NO3S. The number of aryl methyl sites for hydroxylation is 1. The molecule has 0 aliphatic carbocycles. The quantitative estimate of drug-likeness (QED) is 0.894. The summed E-state index contributed by atoms with van der Waals surface area (Å²) < 4.78 is 24.9. The molecule has 0 aliphatic rings. The van der Waals surface area contributed by atoms with Crippen molar-refractivity contribution in [1.82, 2.24) is 4.57 Å². The summed E-state index contributed by atoms with van der Waals surface area (Å²) in [5.74, 6) is 0.343. The average molecular weight is 267 g/mol. The van der Waals surface area contributed by atoms with E-state index in [0.29, 0.717) is 6.54 Å². The van der Waals surface area contributed by atoms with Gasteiger partial charge in [-0.15, -0.1) is 0 Å². The number of hydrogen-bond acceptors (Lipinski definition) is 3. The third-order valence-electron chi connectivity index (χ3n) is 3.10. The van der Waals surface area contributed by atoms with Crippen molar-refractivity contribution >= 4 is 20.7 Å². The maximum absolute atomic E-state index is 11.5. The molecule has 0 radical (unpaired) electrons. The van der Waals surface area contributed by atoms with Crippen LogP contribution in [0.15, 0.2) is 30.5 Å². The summed E-state index contributed by atoms with van der Waals surface area (Å²) in [5.41, 5.74) is 1.86. The molecule has 0 fully saturated rings. The van der Waals surface area contributed by atoms with Crippen LogP contribution >= 0.6 is 0 Å². The first kappa shape index (κ1) is 13.1. The van der Waals surface area contributed by atoms with Crippen LogP contribution in [0.2, 0.25) is 0 Å². The Morgan fingerprint density at radius 2 is 2.06 bits per heavy atom. The number of fused-ring (bicyclic) bond motifs is 1. The SMILES string of the molecule is CCS(=O)(=O)CCn1ccc2cc(CO)ccc21. The summed E-state index contributed by atoms with van der Waals surface area (Å²) in [6, 6.07) is 7.62. The Morgan fingerprint density at radius 1 is 1.28 bits per heavy atom. The topological polar surface area (TPSA) is 59.3 Å². The summed E-state index contributed by atoms with van der Waals surface area (Å²) in [6.45, 7) is 2.15. The molecule has 5 heteroatoms. The van der Waals surface area contributed by atoms with Crippen molar-refractivity contribution < 1.29 is 13.5 Å². The first-order valence-corrected chi connectivity index (χ1v) is 7.77. The molecule has 4 nitrogen and oxygen atoms in total.